The van der Waals surface area contributed by atoms with Crippen molar-refractivity contribution >= 4 is 117 Å². The van der Waals surface area contributed by atoms with Crippen molar-refractivity contribution in [2.24, 2.45) is 0 Å². The molecule has 0 heterocycles. The Bertz CT molecular complexity index is 563. The van der Waals surface area contributed by atoms with Gasteiger partial charge in [0.25, 0.3) is 0 Å². The van der Waals surface area contributed by atoms with Gasteiger partial charge in [0, 0.05) is 0 Å². The minimum Gasteiger partial charge on any atom is -0.110 e. The molecule has 0 aliphatic rings. The maximum atomic E-state index is 5.88. The molecule has 0 atom stereocenters. The number of benzene rings is 2. The quantitative estimate of drug-likeness (QED) is 0.376. The first-order chi connectivity index (χ1) is 8.29. The average Bonchev–Trinajstić information content (AvgIpc) is 2.35. The minimum absolute atomic E-state index is 0.148. The maximum Gasteiger partial charge on any atom is 0.113 e. The van der Waals surface area contributed by atoms with Crippen LogP contribution in [0.25, 0.3) is 10.8 Å². The summed E-state index contributed by atoms with van der Waals surface area (Å²) in [6, 6.07) is 0. The van der Waals surface area contributed by atoms with Crippen LogP contribution in [0.15, 0.2) is 0 Å². The molecule has 0 aliphatic carbocycles. The van der Waals surface area contributed by atoms with Crippen molar-refractivity contribution in [3.8, 4) is 0 Å². The number of hydrogen-bond donors (Lipinski definition) is 0. The van der Waals surface area contributed by atoms with Gasteiger partial charge >= 0.3 is 0 Å². The van der Waals surface area contributed by atoms with Crippen molar-refractivity contribution in [3.05, 3.63) is 0 Å². The lowest BCUT2D eigenvalue weighted by Gasteiger charge is -2.24. The molecule has 0 spiro atoms. The first-order valence-electron chi connectivity index (χ1n) is 5.06. The van der Waals surface area contributed by atoms with Gasteiger partial charge in [-0.05, 0) is 10.8 Å². The van der Waals surface area contributed by atoms with Gasteiger partial charge in [-0.15, -0.1) is 21.9 Å². The third kappa shape index (κ3) is 1.65. The highest BCUT2D eigenvalue weighted by Gasteiger charge is 2.13. The zero-order valence-corrected chi connectivity index (χ0v) is 9.62. The lowest BCUT2D eigenvalue weighted by Crippen LogP contribution is -2.56. The summed E-state index contributed by atoms with van der Waals surface area (Å²) in [5.74, 6) is 0. The predicted octanol–water partition coefficient (Wildman–Crippen LogP) is -6.81. The topological polar surface area (TPSA) is 0 Å². The van der Waals surface area contributed by atoms with E-state index in [0.717, 1.165) is 0 Å². The molecule has 0 saturated carbocycles. The van der Waals surface area contributed by atoms with Gasteiger partial charge in [0.15, 0.2) is 0 Å². The molecule has 0 saturated heterocycles. The highest BCUT2D eigenvalue weighted by Crippen LogP contribution is 1.98. The van der Waals surface area contributed by atoms with E-state index in [4.69, 9.17) is 62.8 Å². The van der Waals surface area contributed by atoms with Crippen LogP contribution in [0.4, 0.5) is 0 Å². The molecule has 16 radical (unpaired) electrons. The van der Waals surface area contributed by atoms with Crippen molar-refractivity contribution < 1.29 is 0 Å². The van der Waals surface area contributed by atoms with Gasteiger partial charge in [0.05, 0.1) is 0 Å². The third-order valence-electron chi connectivity index (χ3n) is 3.07. The summed E-state index contributed by atoms with van der Waals surface area (Å²) in [5.41, 5.74) is 1.34. The normalized spacial score (nSPS) is 10.9. The van der Waals surface area contributed by atoms with Gasteiger partial charge in [-0.25, -0.2) is 0 Å². The van der Waals surface area contributed by atoms with Crippen LogP contribution in [0.2, 0.25) is 0 Å². The summed E-state index contributed by atoms with van der Waals surface area (Å²) >= 11 is 0. The molecule has 2 rings (SSSR count). The molecule has 0 N–H and O–H groups in total. The number of fused-ring (bicyclic) bond motifs is 1. The lowest BCUT2D eigenvalue weighted by molar-refractivity contribution is 2.08. The van der Waals surface area contributed by atoms with Gasteiger partial charge < -0.3 is 0 Å². The molecule has 8 heteroatoms. The molecule has 64 valence electrons. The summed E-state index contributed by atoms with van der Waals surface area (Å²) in [4.78, 5) is 0. The molecule has 18 heavy (non-hydrogen) atoms. The van der Waals surface area contributed by atoms with Gasteiger partial charge in [0.2, 0.25) is 0 Å². The maximum absolute atomic E-state index is 5.88. The Balaban J connectivity index is 3.22. The minimum atomic E-state index is 0.148. The van der Waals surface area contributed by atoms with Crippen molar-refractivity contribution in [3.63, 3.8) is 0 Å². The molecule has 2 aromatic rings. The number of rotatable bonds is 0. The van der Waals surface area contributed by atoms with Crippen LogP contribution in [0.1, 0.15) is 0 Å². The van der Waals surface area contributed by atoms with E-state index in [-0.39, 0.29) is 43.7 Å². The van der Waals surface area contributed by atoms with Crippen LogP contribution >= 0.6 is 0 Å². The molecule has 0 bridgehead atoms. The van der Waals surface area contributed by atoms with E-state index in [1.165, 1.54) is 0 Å². The highest BCUT2D eigenvalue weighted by molar-refractivity contribution is 6.74. The molecule has 0 nitrogen and oxygen atoms in total. The monoisotopic (exact) mass is 208 g/mol. The van der Waals surface area contributed by atoms with Crippen molar-refractivity contribution in [1.29, 1.82) is 0 Å². The van der Waals surface area contributed by atoms with Gasteiger partial charge in [-0.2, -0.15) is 0 Å². The van der Waals surface area contributed by atoms with E-state index in [9.17, 15) is 0 Å². The second-order valence-electron chi connectivity index (χ2n) is 4.06. The number of hydrogen-bond acceptors (Lipinski definition) is 0. The Morgan fingerprint density at radius 3 is 0.611 bits per heavy atom. The first-order valence-corrected chi connectivity index (χ1v) is 5.06. The average molecular weight is 207 g/mol. The Morgan fingerprint density at radius 2 is 0.444 bits per heavy atom. The third-order valence-corrected chi connectivity index (χ3v) is 3.07. The van der Waals surface area contributed by atoms with Gasteiger partial charge in [-0.3, -0.25) is 0 Å². The molecule has 0 fully saturated rings. The second kappa shape index (κ2) is 4.40. The lowest BCUT2D eigenvalue weighted by atomic mass is 9.57. The van der Waals surface area contributed by atoms with Crippen LogP contribution in [0.3, 0.4) is 0 Å². The fraction of sp³-hybridized carbons (Fsp3) is 0. The van der Waals surface area contributed by atoms with Crippen molar-refractivity contribution in [2.75, 3.05) is 0 Å². The summed E-state index contributed by atoms with van der Waals surface area (Å²) in [5, 5.41) is 0.756. The Labute approximate surface area is 117 Å². The van der Waals surface area contributed by atoms with Gasteiger partial charge in [-0.1, -0.05) is 21.9 Å². The van der Waals surface area contributed by atoms with E-state index in [0.29, 0.717) is 10.8 Å². The summed E-state index contributed by atoms with van der Waals surface area (Å²) < 4.78 is 0. The first kappa shape index (κ1) is 13.6. The Kier molecular flexibility index (Phi) is 3.34. The largest absolute Gasteiger partial charge is 0.113 e. The molecular formula is C10B8. The molecule has 0 amide bonds. The summed E-state index contributed by atoms with van der Waals surface area (Å²) in [7, 11) is 46.6. The Hall–Kier alpha value is -0.781. The standard InChI is InChI=1S/C10B8/c11-3-1-2(5(13)9(17)7(3)15)6(14)10(18)8(16)4(1)12. The van der Waals surface area contributed by atoms with E-state index in [1.54, 1.807) is 0 Å². The Morgan fingerprint density at radius 1 is 0.278 bits per heavy atom. The molecule has 0 aromatic heterocycles. The van der Waals surface area contributed by atoms with Crippen molar-refractivity contribution in [1.82, 2.24) is 0 Å². The van der Waals surface area contributed by atoms with Crippen LogP contribution in [0, 0.1) is 0 Å². The molecular weight excluding hydrogens is 207 g/mol. The fourth-order valence-electron chi connectivity index (χ4n) is 1.95. The van der Waals surface area contributed by atoms with Crippen LogP contribution in [-0.2, 0) is 0 Å². The van der Waals surface area contributed by atoms with Crippen LogP contribution in [0.5, 0.6) is 0 Å². The fourth-order valence-corrected chi connectivity index (χ4v) is 1.95. The van der Waals surface area contributed by atoms with E-state index >= 15 is 0 Å². The smallest absolute Gasteiger partial charge is 0.110 e. The SMILES string of the molecule is [B]c1c([B])c([B])c2c([B])c([B])c([B])c([B])c2c1[B]. The van der Waals surface area contributed by atoms with E-state index < -0.39 is 0 Å². The molecule has 0 aliphatic heterocycles. The van der Waals surface area contributed by atoms with Crippen molar-refractivity contribution in [2.45, 2.75) is 0 Å². The van der Waals surface area contributed by atoms with Crippen LogP contribution < -0.4 is 43.7 Å². The summed E-state index contributed by atoms with van der Waals surface area (Å²) in [6.45, 7) is 0. The van der Waals surface area contributed by atoms with E-state index in [1.807, 2.05) is 0 Å². The zero-order chi connectivity index (χ0) is 13.8. The zero-order valence-electron chi connectivity index (χ0n) is 9.62. The van der Waals surface area contributed by atoms with Gasteiger partial charge in [0.1, 0.15) is 62.8 Å². The second-order valence-corrected chi connectivity index (χ2v) is 4.06. The highest BCUT2D eigenvalue weighted by atomic mass is 14.1. The van der Waals surface area contributed by atoms with Crippen LogP contribution in [-0.4, -0.2) is 62.8 Å². The van der Waals surface area contributed by atoms with E-state index in [2.05, 4.69) is 0 Å². The molecule has 2 aromatic carbocycles. The predicted molar refractivity (Wildman–Crippen MR) is 87.1 cm³/mol. The molecule has 0 unspecified atom stereocenters. The summed E-state index contributed by atoms with van der Waals surface area (Å²) in [6.07, 6.45) is 0.